The quantitative estimate of drug-likeness (QED) is 0.843. The molecular weight excluding hydrogens is 310 g/mol. The average molecular weight is 327 g/mol. The average Bonchev–Trinajstić information content (AvgIpc) is 2.84. The Morgan fingerprint density at radius 3 is 2.48 bits per heavy atom. The summed E-state index contributed by atoms with van der Waals surface area (Å²) in [7, 11) is 1.61. The summed E-state index contributed by atoms with van der Waals surface area (Å²) >= 11 is 1.10. The Labute approximate surface area is 139 Å². The van der Waals surface area contributed by atoms with E-state index in [9.17, 15) is 9.59 Å². The molecule has 118 valence electrons. The van der Waals surface area contributed by atoms with Crippen LogP contribution < -0.4 is 4.74 Å². The molecule has 2 aromatic carbocycles. The number of methoxy groups -OCH3 is 1. The molecule has 0 N–H and O–H groups in total. The van der Waals surface area contributed by atoms with Gasteiger partial charge in [-0.3, -0.25) is 14.5 Å². The molecule has 0 unspecified atom stereocenters. The number of ether oxygens (including phenoxy) is 1. The number of imide groups is 1. The van der Waals surface area contributed by atoms with Gasteiger partial charge in [0.2, 0.25) is 5.91 Å². The van der Waals surface area contributed by atoms with Gasteiger partial charge >= 0.3 is 0 Å². The van der Waals surface area contributed by atoms with Crippen LogP contribution >= 0.6 is 11.8 Å². The number of rotatable bonds is 5. The van der Waals surface area contributed by atoms with Crippen molar-refractivity contribution in [2.24, 2.45) is 0 Å². The second kappa shape index (κ2) is 6.87. The Morgan fingerprint density at radius 2 is 1.74 bits per heavy atom. The van der Waals surface area contributed by atoms with Crippen LogP contribution in [0.4, 0.5) is 4.79 Å². The lowest BCUT2D eigenvalue weighted by molar-refractivity contribution is -0.127. The van der Waals surface area contributed by atoms with Gasteiger partial charge in [0.1, 0.15) is 5.75 Å². The van der Waals surface area contributed by atoms with E-state index in [1.807, 2.05) is 54.6 Å². The van der Waals surface area contributed by atoms with Crippen LogP contribution in [0.15, 0.2) is 54.6 Å². The summed E-state index contributed by atoms with van der Waals surface area (Å²) in [5, 5.41) is -0.568. The number of nitrogens with zero attached hydrogens (tertiary/aromatic N) is 1. The van der Waals surface area contributed by atoms with Crippen molar-refractivity contribution in [3.8, 4) is 5.75 Å². The van der Waals surface area contributed by atoms with E-state index in [-0.39, 0.29) is 16.4 Å². The first-order chi connectivity index (χ1) is 11.2. The summed E-state index contributed by atoms with van der Waals surface area (Å²) in [6, 6.07) is 17.1. The van der Waals surface area contributed by atoms with Gasteiger partial charge in [-0.25, -0.2) is 0 Å². The molecule has 4 nitrogen and oxygen atoms in total. The summed E-state index contributed by atoms with van der Waals surface area (Å²) in [4.78, 5) is 26.1. The van der Waals surface area contributed by atoms with E-state index in [0.717, 1.165) is 28.6 Å². The van der Waals surface area contributed by atoms with Crippen LogP contribution in [0.25, 0.3) is 0 Å². The standard InChI is InChI=1S/C18H17NO3S/c1-22-15-10-6-5-9-14(15)11-16-17(20)19(18(21)23-16)12-13-7-3-2-4-8-13/h2-10,16H,11-12H2,1H3/t16-/m1/s1. The first kappa shape index (κ1) is 15.6. The van der Waals surface area contributed by atoms with Gasteiger partial charge in [-0.05, 0) is 23.6 Å². The van der Waals surface area contributed by atoms with Crippen molar-refractivity contribution in [3.05, 3.63) is 65.7 Å². The van der Waals surface area contributed by atoms with Gasteiger partial charge < -0.3 is 4.74 Å². The Hall–Kier alpha value is -2.27. The molecule has 1 aliphatic rings. The minimum absolute atomic E-state index is 0.130. The van der Waals surface area contributed by atoms with Crippen molar-refractivity contribution in [1.82, 2.24) is 4.90 Å². The highest BCUT2D eigenvalue weighted by Gasteiger charge is 2.39. The lowest BCUT2D eigenvalue weighted by atomic mass is 10.1. The van der Waals surface area contributed by atoms with Crippen LogP contribution in [0.2, 0.25) is 0 Å². The van der Waals surface area contributed by atoms with Crippen LogP contribution in [0.3, 0.4) is 0 Å². The van der Waals surface area contributed by atoms with Crippen molar-refractivity contribution in [2.75, 3.05) is 7.11 Å². The predicted octanol–water partition coefficient (Wildman–Crippen LogP) is 3.50. The third-order valence-electron chi connectivity index (χ3n) is 3.79. The van der Waals surface area contributed by atoms with E-state index in [1.54, 1.807) is 7.11 Å². The molecule has 23 heavy (non-hydrogen) atoms. The summed E-state index contributed by atoms with van der Waals surface area (Å²) in [6.45, 7) is 0.327. The van der Waals surface area contributed by atoms with Gasteiger partial charge in [0.25, 0.3) is 5.24 Å². The maximum atomic E-state index is 12.6. The van der Waals surface area contributed by atoms with Gasteiger partial charge in [0.05, 0.1) is 18.9 Å². The molecule has 0 aromatic heterocycles. The zero-order valence-corrected chi connectivity index (χ0v) is 13.6. The highest BCUT2D eigenvalue weighted by Crippen LogP contribution is 2.32. The van der Waals surface area contributed by atoms with Gasteiger partial charge in [0.15, 0.2) is 0 Å². The first-order valence-corrected chi connectivity index (χ1v) is 8.25. The third kappa shape index (κ3) is 3.40. The fourth-order valence-corrected chi connectivity index (χ4v) is 3.62. The van der Waals surface area contributed by atoms with Crippen molar-refractivity contribution < 1.29 is 14.3 Å². The third-order valence-corrected chi connectivity index (χ3v) is 4.86. The number of hydrogen-bond donors (Lipinski definition) is 0. The Kier molecular flexibility index (Phi) is 4.67. The topological polar surface area (TPSA) is 46.6 Å². The number of carbonyl (C=O) groups excluding carboxylic acids is 2. The van der Waals surface area contributed by atoms with Crippen LogP contribution in [0.1, 0.15) is 11.1 Å². The fraction of sp³-hybridized carbons (Fsp3) is 0.222. The molecule has 1 atom stereocenters. The second-order valence-electron chi connectivity index (χ2n) is 5.30. The van der Waals surface area contributed by atoms with E-state index in [1.165, 1.54) is 4.90 Å². The minimum Gasteiger partial charge on any atom is -0.496 e. The largest absolute Gasteiger partial charge is 0.496 e. The van der Waals surface area contributed by atoms with Crippen molar-refractivity contribution in [1.29, 1.82) is 0 Å². The lowest BCUT2D eigenvalue weighted by Gasteiger charge is -2.14. The number of hydrogen-bond acceptors (Lipinski definition) is 4. The lowest BCUT2D eigenvalue weighted by Crippen LogP contribution is -2.31. The Balaban J connectivity index is 1.73. The molecule has 5 heteroatoms. The van der Waals surface area contributed by atoms with Gasteiger partial charge in [-0.1, -0.05) is 60.3 Å². The van der Waals surface area contributed by atoms with Gasteiger partial charge in [0, 0.05) is 0 Å². The fourth-order valence-electron chi connectivity index (χ4n) is 2.61. The number of para-hydroxylation sites is 1. The highest BCUT2D eigenvalue weighted by atomic mass is 32.2. The Bertz CT molecular complexity index is 717. The summed E-state index contributed by atoms with van der Waals surface area (Å²) < 4.78 is 5.32. The molecule has 3 rings (SSSR count). The van der Waals surface area contributed by atoms with Gasteiger partial charge in [-0.15, -0.1) is 0 Å². The molecule has 0 saturated carbocycles. The van der Waals surface area contributed by atoms with Gasteiger partial charge in [-0.2, -0.15) is 0 Å². The van der Waals surface area contributed by atoms with E-state index in [4.69, 9.17) is 4.74 Å². The van der Waals surface area contributed by atoms with Crippen LogP contribution in [-0.4, -0.2) is 28.4 Å². The first-order valence-electron chi connectivity index (χ1n) is 7.37. The van der Waals surface area contributed by atoms with E-state index >= 15 is 0 Å². The van der Waals surface area contributed by atoms with E-state index in [2.05, 4.69) is 0 Å². The molecule has 1 fully saturated rings. The second-order valence-corrected chi connectivity index (χ2v) is 6.45. The highest BCUT2D eigenvalue weighted by molar-refractivity contribution is 8.15. The maximum Gasteiger partial charge on any atom is 0.289 e. The summed E-state index contributed by atoms with van der Waals surface area (Å²) in [5.74, 6) is 0.615. The molecule has 1 saturated heterocycles. The molecular formula is C18H17NO3S. The smallest absolute Gasteiger partial charge is 0.289 e. The van der Waals surface area contributed by atoms with E-state index in [0.29, 0.717) is 13.0 Å². The van der Waals surface area contributed by atoms with Crippen molar-refractivity contribution >= 4 is 22.9 Å². The van der Waals surface area contributed by atoms with Crippen LogP contribution in [0, 0.1) is 0 Å². The zero-order valence-electron chi connectivity index (χ0n) is 12.8. The molecule has 0 radical (unpaired) electrons. The monoisotopic (exact) mass is 327 g/mol. The SMILES string of the molecule is COc1ccccc1C[C@H]1SC(=O)N(Cc2ccccc2)C1=O. The minimum atomic E-state index is -0.387. The normalized spacial score (nSPS) is 17.6. The van der Waals surface area contributed by atoms with E-state index < -0.39 is 0 Å². The van der Waals surface area contributed by atoms with Crippen LogP contribution in [-0.2, 0) is 17.8 Å². The molecule has 2 amide bonds. The molecule has 1 heterocycles. The molecule has 0 aliphatic carbocycles. The van der Waals surface area contributed by atoms with Crippen LogP contribution in [0.5, 0.6) is 5.75 Å². The zero-order chi connectivity index (χ0) is 16.2. The van der Waals surface area contributed by atoms with Crippen molar-refractivity contribution in [2.45, 2.75) is 18.2 Å². The molecule has 0 bridgehead atoms. The van der Waals surface area contributed by atoms with Crippen molar-refractivity contribution in [3.63, 3.8) is 0 Å². The number of benzene rings is 2. The number of thioether (sulfide) groups is 1. The summed E-state index contributed by atoms with van der Waals surface area (Å²) in [6.07, 6.45) is 0.491. The molecule has 2 aromatic rings. The summed E-state index contributed by atoms with van der Waals surface area (Å²) in [5.41, 5.74) is 1.89. The predicted molar refractivity (Wildman–Crippen MR) is 90.5 cm³/mol. The molecule has 1 aliphatic heterocycles. The Morgan fingerprint density at radius 1 is 1.04 bits per heavy atom. The maximum absolute atomic E-state index is 12.6. The number of amides is 2. The molecule has 0 spiro atoms. The number of carbonyl (C=O) groups is 2.